The summed E-state index contributed by atoms with van der Waals surface area (Å²) in [5.74, 6) is 0.00748. The van der Waals surface area contributed by atoms with Gasteiger partial charge in [0, 0.05) is 0 Å². The summed E-state index contributed by atoms with van der Waals surface area (Å²) in [5.41, 5.74) is 3.40. The molecule has 6 nitrogen and oxygen atoms in total. The summed E-state index contributed by atoms with van der Waals surface area (Å²) in [4.78, 5) is 12.6. The van der Waals surface area contributed by atoms with Crippen LogP contribution < -0.4 is 14.4 Å². The van der Waals surface area contributed by atoms with Crippen LogP contribution in [-0.4, -0.2) is 34.2 Å². The predicted octanol–water partition coefficient (Wildman–Crippen LogP) is 3.21. The molecule has 0 aliphatic rings. The molecule has 7 heteroatoms. The van der Waals surface area contributed by atoms with Gasteiger partial charge in [-0.05, 0) is 49.1 Å². The largest absolute Gasteiger partial charge is 0.495 e. The van der Waals surface area contributed by atoms with Crippen molar-refractivity contribution in [1.29, 1.82) is 0 Å². The Hall–Kier alpha value is -2.54. The molecule has 0 radical (unpaired) electrons. The fourth-order valence-electron chi connectivity index (χ4n) is 2.92. The Morgan fingerprint density at radius 3 is 2.36 bits per heavy atom. The van der Waals surface area contributed by atoms with E-state index in [9.17, 15) is 13.2 Å². The Kier molecular flexibility index (Phi) is 7.07. The SMILES string of the molecule is CCc1ccc([C@H](C)NC(=O)CN(c2cc(C)ccc2OC)S(C)(=O)=O)cc1. The molecule has 0 aliphatic carbocycles. The van der Waals surface area contributed by atoms with Crippen LogP contribution in [0, 0.1) is 6.92 Å². The molecule has 152 valence electrons. The molecule has 28 heavy (non-hydrogen) atoms. The number of aryl methyl sites for hydroxylation is 2. The van der Waals surface area contributed by atoms with Gasteiger partial charge in [-0.2, -0.15) is 0 Å². The van der Waals surface area contributed by atoms with E-state index in [1.54, 1.807) is 12.1 Å². The molecule has 0 saturated heterocycles. The van der Waals surface area contributed by atoms with E-state index in [2.05, 4.69) is 12.2 Å². The standard InChI is InChI=1S/C21H28N2O4S/c1-6-17-8-10-18(11-9-17)16(3)22-21(24)14-23(28(5,25)26)19-13-15(2)7-12-20(19)27-4/h7-13,16H,6,14H2,1-5H3,(H,22,24)/t16-/m0/s1. The maximum atomic E-state index is 12.6. The first kappa shape index (κ1) is 21.8. The highest BCUT2D eigenvalue weighted by atomic mass is 32.2. The van der Waals surface area contributed by atoms with Gasteiger partial charge < -0.3 is 10.1 Å². The van der Waals surface area contributed by atoms with Gasteiger partial charge in [0.15, 0.2) is 0 Å². The van der Waals surface area contributed by atoms with Crippen LogP contribution >= 0.6 is 0 Å². The number of amides is 1. The van der Waals surface area contributed by atoms with Crippen molar-refractivity contribution in [3.63, 3.8) is 0 Å². The molecule has 0 heterocycles. The number of carbonyl (C=O) groups is 1. The van der Waals surface area contributed by atoms with E-state index in [1.165, 1.54) is 12.7 Å². The lowest BCUT2D eigenvalue weighted by Gasteiger charge is -2.25. The lowest BCUT2D eigenvalue weighted by Crippen LogP contribution is -2.41. The van der Waals surface area contributed by atoms with Crippen molar-refractivity contribution in [3.8, 4) is 5.75 Å². The molecule has 0 saturated carbocycles. The van der Waals surface area contributed by atoms with Crippen molar-refractivity contribution in [2.75, 3.05) is 24.2 Å². The van der Waals surface area contributed by atoms with Gasteiger partial charge in [-0.25, -0.2) is 8.42 Å². The van der Waals surface area contributed by atoms with Gasteiger partial charge in [-0.3, -0.25) is 9.10 Å². The number of hydrogen-bond acceptors (Lipinski definition) is 4. The number of carbonyl (C=O) groups excluding carboxylic acids is 1. The zero-order valence-electron chi connectivity index (χ0n) is 17.0. The van der Waals surface area contributed by atoms with Crippen molar-refractivity contribution in [3.05, 3.63) is 59.2 Å². The maximum Gasteiger partial charge on any atom is 0.241 e. The number of methoxy groups -OCH3 is 1. The molecule has 1 amide bonds. The number of rotatable bonds is 8. The van der Waals surface area contributed by atoms with Gasteiger partial charge in [0.05, 0.1) is 25.1 Å². The molecule has 0 spiro atoms. The summed E-state index contributed by atoms with van der Waals surface area (Å²) >= 11 is 0. The number of nitrogens with zero attached hydrogens (tertiary/aromatic N) is 1. The number of ether oxygens (including phenoxy) is 1. The fraction of sp³-hybridized carbons (Fsp3) is 0.381. The Morgan fingerprint density at radius 2 is 1.82 bits per heavy atom. The molecular weight excluding hydrogens is 376 g/mol. The Balaban J connectivity index is 2.21. The van der Waals surface area contributed by atoms with E-state index in [-0.39, 0.29) is 18.5 Å². The second-order valence-electron chi connectivity index (χ2n) is 6.83. The van der Waals surface area contributed by atoms with Crippen LogP contribution in [0.1, 0.15) is 36.6 Å². The molecule has 0 unspecified atom stereocenters. The summed E-state index contributed by atoms with van der Waals surface area (Å²) in [7, 11) is -2.21. The summed E-state index contributed by atoms with van der Waals surface area (Å²) in [6, 6.07) is 13.0. The van der Waals surface area contributed by atoms with E-state index in [1.807, 2.05) is 44.2 Å². The average Bonchev–Trinajstić information content (AvgIpc) is 2.65. The summed E-state index contributed by atoms with van der Waals surface area (Å²) in [5, 5.41) is 2.87. The summed E-state index contributed by atoms with van der Waals surface area (Å²) < 4.78 is 31.1. The number of anilines is 1. The van der Waals surface area contributed by atoms with Gasteiger partial charge >= 0.3 is 0 Å². The first-order valence-electron chi connectivity index (χ1n) is 9.16. The lowest BCUT2D eigenvalue weighted by molar-refractivity contribution is -0.120. The third-order valence-corrected chi connectivity index (χ3v) is 5.68. The van der Waals surface area contributed by atoms with Crippen LogP contribution in [0.5, 0.6) is 5.75 Å². The molecule has 1 atom stereocenters. The van der Waals surface area contributed by atoms with Gasteiger partial charge in [-0.15, -0.1) is 0 Å². The van der Waals surface area contributed by atoms with Crippen molar-refractivity contribution < 1.29 is 17.9 Å². The number of sulfonamides is 1. The van der Waals surface area contributed by atoms with Crippen LogP contribution in [0.4, 0.5) is 5.69 Å². The zero-order valence-corrected chi connectivity index (χ0v) is 17.8. The molecule has 0 bridgehead atoms. The quantitative estimate of drug-likeness (QED) is 0.733. The highest BCUT2D eigenvalue weighted by Crippen LogP contribution is 2.30. The molecule has 0 aromatic heterocycles. The van der Waals surface area contributed by atoms with Crippen molar-refractivity contribution in [2.24, 2.45) is 0 Å². The number of benzene rings is 2. The van der Waals surface area contributed by atoms with Crippen LogP contribution in [0.15, 0.2) is 42.5 Å². The second-order valence-corrected chi connectivity index (χ2v) is 8.74. The lowest BCUT2D eigenvalue weighted by atomic mass is 10.1. The number of nitrogens with one attached hydrogen (secondary N) is 1. The molecule has 2 aromatic rings. The van der Waals surface area contributed by atoms with Gasteiger partial charge in [0.2, 0.25) is 15.9 Å². The van der Waals surface area contributed by atoms with Crippen molar-refractivity contribution in [2.45, 2.75) is 33.2 Å². The molecular formula is C21H28N2O4S. The zero-order chi connectivity index (χ0) is 20.9. The Labute approximate surface area is 167 Å². The summed E-state index contributed by atoms with van der Waals surface area (Å²) in [6.45, 7) is 5.48. The second kappa shape index (κ2) is 9.10. The van der Waals surface area contributed by atoms with Crippen LogP contribution in [0.2, 0.25) is 0 Å². The highest BCUT2D eigenvalue weighted by molar-refractivity contribution is 7.92. The molecule has 2 rings (SSSR count). The van der Waals surface area contributed by atoms with E-state index >= 15 is 0 Å². The molecule has 0 aliphatic heterocycles. The monoisotopic (exact) mass is 404 g/mol. The van der Waals surface area contributed by atoms with Gasteiger partial charge in [-0.1, -0.05) is 37.3 Å². The minimum Gasteiger partial charge on any atom is -0.495 e. The highest BCUT2D eigenvalue weighted by Gasteiger charge is 2.24. The van der Waals surface area contributed by atoms with Gasteiger partial charge in [0.25, 0.3) is 0 Å². The minimum atomic E-state index is -3.68. The topological polar surface area (TPSA) is 75.7 Å². The third kappa shape index (κ3) is 5.48. The van der Waals surface area contributed by atoms with Crippen molar-refractivity contribution in [1.82, 2.24) is 5.32 Å². The van der Waals surface area contributed by atoms with E-state index < -0.39 is 10.0 Å². The minimum absolute atomic E-state index is 0.237. The van der Waals surface area contributed by atoms with Gasteiger partial charge in [0.1, 0.15) is 12.3 Å². The molecule has 2 aromatic carbocycles. The van der Waals surface area contributed by atoms with Crippen LogP contribution in [0.3, 0.4) is 0 Å². The Bertz CT molecular complexity index is 924. The number of hydrogen-bond donors (Lipinski definition) is 1. The van der Waals surface area contributed by atoms with Crippen LogP contribution in [0.25, 0.3) is 0 Å². The van der Waals surface area contributed by atoms with Crippen molar-refractivity contribution >= 4 is 21.6 Å². The summed E-state index contributed by atoms with van der Waals surface area (Å²) in [6.07, 6.45) is 2.03. The fourth-order valence-corrected chi connectivity index (χ4v) is 3.77. The third-order valence-electron chi connectivity index (χ3n) is 4.56. The molecule has 1 N–H and O–H groups in total. The first-order valence-corrected chi connectivity index (χ1v) is 11.0. The Morgan fingerprint density at radius 1 is 1.18 bits per heavy atom. The smallest absolute Gasteiger partial charge is 0.241 e. The average molecular weight is 405 g/mol. The molecule has 0 fully saturated rings. The first-order chi connectivity index (χ1) is 13.2. The van der Waals surface area contributed by atoms with E-state index in [0.717, 1.165) is 28.1 Å². The normalized spacial score (nSPS) is 12.3. The predicted molar refractivity (Wildman–Crippen MR) is 112 cm³/mol. The van der Waals surface area contributed by atoms with E-state index in [4.69, 9.17) is 4.74 Å². The maximum absolute atomic E-state index is 12.6. The van der Waals surface area contributed by atoms with Crippen LogP contribution in [-0.2, 0) is 21.2 Å². The van der Waals surface area contributed by atoms with E-state index in [0.29, 0.717) is 11.4 Å².